The van der Waals surface area contributed by atoms with Gasteiger partial charge in [-0.05, 0) is 54.4 Å². The molecule has 2 aromatic carbocycles. The molecule has 128 valence electrons. The van der Waals surface area contributed by atoms with Gasteiger partial charge in [0.25, 0.3) is 0 Å². The number of hydrazone groups is 1. The number of imidazole rings is 1. The molecule has 0 fully saturated rings. The Kier molecular flexibility index (Phi) is 4.99. The third-order valence-corrected chi connectivity index (χ3v) is 3.76. The van der Waals surface area contributed by atoms with Crippen LogP contribution in [-0.2, 0) is 0 Å². The summed E-state index contributed by atoms with van der Waals surface area (Å²) in [5.74, 6) is 1.43. The predicted molar refractivity (Wildman–Crippen MR) is 99.1 cm³/mol. The van der Waals surface area contributed by atoms with Crippen molar-refractivity contribution >= 4 is 11.9 Å². The summed E-state index contributed by atoms with van der Waals surface area (Å²) in [7, 11) is 3.26. The molecule has 1 aromatic heterocycles. The number of aromatic nitrogens is 2. The molecule has 6 heteroatoms. The SMILES string of the molecule is COc1cc(/C=N/Nc2ccc(-n3ccnc3)cc2)cc(C)c1OC. The van der Waals surface area contributed by atoms with Crippen molar-refractivity contribution in [1.82, 2.24) is 9.55 Å². The van der Waals surface area contributed by atoms with Crippen LogP contribution in [0.1, 0.15) is 11.1 Å². The molecule has 0 aliphatic carbocycles. The summed E-state index contributed by atoms with van der Waals surface area (Å²) in [4.78, 5) is 4.04. The molecule has 0 aliphatic rings. The quantitative estimate of drug-likeness (QED) is 0.551. The van der Waals surface area contributed by atoms with Crippen LogP contribution in [0.15, 0.2) is 60.2 Å². The Labute approximate surface area is 146 Å². The van der Waals surface area contributed by atoms with E-state index in [1.54, 1.807) is 33.0 Å². The van der Waals surface area contributed by atoms with Gasteiger partial charge in [-0.2, -0.15) is 5.10 Å². The third-order valence-electron chi connectivity index (χ3n) is 3.76. The van der Waals surface area contributed by atoms with Gasteiger partial charge in [0, 0.05) is 18.1 Å². The standard InChI is InChI=1S/C19H20N4O2/c1-14-10-15(11-18(24-2)19(14)25-3)12-21-22-16-4-6-17(7-5-16)23-9-8-20-13-23/h4-13,22H,1-3H3/b21-12+. The molecule has 0 saturated heterocycles. The van der Waals surface area contributed by atoms with Crippen molar-refractivity contribution in [1.29, 1.82) is 0 Å². The lowest BCUT2D eigenvalue weighted by atomic mass is 10.1. The summed E-state index contributed by atoms with van der Waals surface area (Å²) in [5.41, 5.74) is 6.89. The Hall–Kier alpha value is -3.28. The number of anilines is 1. The van der Waals surface area contributed by atoms with Crippen LogP contribution in [0.3, 0.4) is 0 Å². The minimum atomic E-state index is 0.689. The van der Waals surface area contributed by atoms with Gasteiger partial charge in [0.1, 0.15) is 0 Å². The average Bonchev–Trinajstić information content (AvgIpc) is 3.16. The summed E-state index contributed by atoms with van der Waals surface area (Å²) < 4.78 is 12.6. The lowest BCUT2D eigenvalue weighted by Crippen LogP contribution is -1.97. The van der Waals surface area contributed by atoms with E-state index < -0.39 is 0 Å². The average molecular weight is 336 g/mol. The molecule has 0 aliphatic heterocycles. The Morgan fingerprint density at radius 3 is 2.56 bits per heavy atom. The van der Waals surface area contributed by atoms with E-state index in [2.05, 4.69) is 15.5 Å². The predicted octanol–water partition coefficient (Wildman–Crippen LogP) is 3.64. The second kappa shape index (κ2) is 7.53. The highest BCUT2D eigenvalue weighted by atomic mass is 16.5. The van der Waals surface area contributed by atoms with Crippen molar-refractivity contribution in [3.8, 4) is 17.2 Å². The molecule has 1 N–H and O–H groups in total. The maximum atomic E-state index is 5.36. The number of nitrogens with one attached hydrogen (secondary N) is 1. The number of benzene rings is 2. The molecule has 0 radical (unpaired) electrons. The van der Waals surface area contributed by atoms with Gasteiger partial charge in [0.2, 0.25) is 0 Å². The van der Waals surface area contributed by atoms with Gasteiger partial charge in [-0.25, -0.2) is 4.98 Å². The van der Waals surface area contributed by atoms with Crippen LogP contribution in [-0.4, -0.2) is 30.0 Å². The lowest BCUT2D eigenvalue weighted by molar-refractivity contribution is 0.353. The Balaban J connectivity index is 1.70. The van der Waals surface area contributed by atoms with E-state index in [4.69, 9.17) is 9.47 Å². The first-order chi connectivity index (χ1) is 12.2. The van der Waals surface area contributed by atoms with Gasteiger partial charge in [-0.1, -0.05) is 0 Å². The molecule has 0 saturated carbocycles. The third kappa shape index (κ3) is 3.80. The Morgan fingerprint density at radius 2 is 1.92 bits per heavy atom. The van der Waals surface area contributed by atoms with Crippen molar-refractivity contribution in [2.24, 2.45) is 5.10 Å². The van der Waals surface area contributed by atoms with Crippen molar-refractivity contribution < 1.29 is 9.47 Å². The molecule has 3 aromatic rings. The summed E-state index contributed by atoms with van der Waals surface area (Å²) >= 11 is 0. The fourth-order valence-electron chi connectivity index (χ4n) is 2.56. The van der Waals surface area contributed by atoms with Gasteiger partial charge in [0.15, 0.2) is 11.5 Å². The first-order valence-electron chi connectivity index (χ1n) is 7.81. The van der Waals surface area contributed by atoms with Gasteiger partial charge < -0.3 is 14.0 Å². The largest absolute Gasteiger partial charge is 0.493 e. The van der Waals surface area contributed by atoms with Crippen LogP contribution in [0.2, 0.25) is 0 Å². The monoisotopic (exact) mass is 336 g/mol. The summed E-state index contributed by atoms with van der Waals surface area (Å²) in [6, 6.07) is 11.8. The number of hydrogen-bond donors (Lipinski definition) is 1. The normalized spacial score (nSPS) is 10.8. The summed E-state index contributed by atoms with van der Waals surface area (Å²) in [6.07, 6.45) is 7.17. The number of aryl methyl sites for hydroxylation is 1. The molecule has 25 heavy (non-hydrogen) atoms. The van der Waals surface area contributed by atoms with Gasteiger partial charge in [-0.3, -0.25) is 5.43 Å². The summed E-state index contributed by atoms with van der Waals surface area (Å²) in [5, 5.41) is 4.29. The molecule has 0 atom stereocenters. The second-order valence-corrected chi connectivity index (χ2v) is 5.46. The Morgan fingerprint density at radius 1 is 1.12 bits per heavy atom. The molecular weight excluding hydrogens is 316 g/mol. The van der Waals surface area contributed by atoms with Gasteiger partial charge in [0.05, 0.1) is 32.4 Å². The molecule has 0 spiro atoms. The van der Waals surface area contributed by atoms with Crippen molar-refractivity contribution in [2.45, 2.75) is 6.92 Å². The Bertz CT molecular complexity index is 856. The van der Waals surface area contributed by atoms with Crippen LogP contribution in [0.5, 0.6) is 11.5 Å². The minimum Gasteiger partial charge on any atom is -0.493 e. The molecule has 1 heterocycles. The molecular formula is C19H20N4O2. The molecule has 3 rings (SSSR count). The number of ether oxygens (including phenoxy) is 2. The van der Waals surface area contributed by atoms with E-state index in [1.807, 2.05) is 54.1 Å². The van der Waals surface area contributed by atoms with Crippen LogP contribution < -0.4 is 14.9 Å². The van der Waals surface area contributed by atoms with Gasteiger partial charge >= 0.3 is 0 Å². The maximum absolute atomic E-state index is 5.36. The zero-order valence-corrected chi connectivity index (χ0v) is 14.4. The van der Waals surface area contributed by atoms with Crippen LogP contribution in [0, 0.1) is 6.92 Å². The van der Waals surface area contributed by atoms with E-state index in [9.17, 15) is 0 Å². The highest BCUT2D eigenvalue weighted by Crippen LogP contribution is 2.31. The minimum absolute atomic E-state index is 0.689. The van der Waals surface area contributed by atoms with Crippen molar-refractivity contribution in [2.75, 3.05) is 19.6 Å². The van der Waals surface area contributed by atoms with Crippen molar-refractivity contribution in [3.63, 3.8) is 0 Å². The van der Waals surface area contributed by atoms with Gasteiger partial charge in [-0.15, -0.1) is 0 Å². The fraction of sp³-hybridized carbons (Fsp3) is 0.158. The van der Waals surface area contributed by atoms with Crippen LogP contribution in [0.4, 0.5) is 5.69 Å². The second-order valence-electron chi connectivity index (χ2n) is 5.46. The first-order valence-corrected chi connectivity index (χ1v) is 7.81. The van der Waals surface area contributed by atoms with E-state index in [0.717, 1.165) is 28.3 Å². The fourth-order valence-corrected chi connectivity index (χ4v) is 2.56. The van der Waals surface area contributed by atoms with E-state index >= 15 is 0 Å². The van der Waals surface area contributed by atoms with Crippen LogP contribution >= 0.6 is 0 Å². The zero-order chi connectivity index (χ0) is 17.6. The lowest BCUT2D eigenvalue weighted by Gasteiger charge is -2.11. The van der Waals surface area contributed by atoms with Crippen LogP contribution in [0.25, 0.3) is 5.69 Å². The number of rotatable bonds is 6. The highest BCUT2D eigenvalue weighted by Gasteiger charge is 2.08. The highest BCUT2D eigenvalue weighted by molar-refractivity contribution is 5.82. The maximum Gasteiger partial charge on any atom is 0.163 e. The smallest absolute Gasteiger partial charge is 0.163 e. The van der Waals surface area contributed by atoms with E-state index in [1.165, 1.54) is 0 Å². The topological polar surface area (TPSA) is 60.7 Å². The van der Waals surface area contributed by atoms with Crippen molar-refractivity contribution in [3.05, 3.63) is 66.2 Å². The number of nitrogens with zero attached hydrogens (tertiary/aromatic N) is 3. The molecule has 0 unspecified atom stereocenters. The number of hydrogen-bond acceptors (Lipinski definition) is 5. The van der Waals surface area contributed by atoms with E-state index in [0.29, 0.717) is 5.75 Å². The molecule has 0 bridgehead atoms. The number of methoxy groups -OCH3 is 2. The molecule has 6 nitrogen and oxygen atoms in total. The van der Waals surface area contributed by atoms with E-state index in [-0.39, 0.29) is 0 Å². The first kappa shape index (κ1) is 16.6. The summed E-state index contributed by atoms with van der Waals surface area (Å²) in [6.45, 7) is 1.97. The zero-order valence-electron chi connectivity index (χ0n) is 14.4. The molecule has 0 amide bonds.